The lowest BCUT2D eigenvalue weighted by Gasteiger charge is -2.34. The van der Waals surface area contributed by atoms with Gasteiger partial charge in [0.05, 0.1) is 19.1 Å². The Bertz CT molecular complexity index is 430. The average Bonchev–Trinajstić information content (AvgIpc) is 2.32. The standard InChI is InChI=1S/C19H35NO3/c1-13(16(23)19(8,9)10)20(11-14(21)17(2,3)4)12-15(22)18(5,6)7/h13H,11-12H2,1-10H3. The predicted molar refractivity (Wildman–Crippen MR) is 94.4 cm³/mol. The number of hydrogen-bond donors (Lipinski definition) is 0. The van der Waals surface area contributed by atoms with Crippen LogP contribution in [0.1, 0.15) is 69.2 Å². The number of hydrogen-bond acceptors (Lipinski definition) is 4. The minimum Gasteiger partial charge on any atom is -0.298 e. The van der Waals surface area contributed by atoms with E-state index in [4.69, 9.17) is 0 Å². The van der Waals surface area contributed by atoms with Crippen molar-refractivity contribution < 1.29 is 14.4 Å². The fraction of sp³-hybridized carbons (Fsp3) is 0.842. The van der Waals surface area contributed by atoms with Gasteiger partial charge in [-0.25, -0.2) is 0 Å². The molecule has 4 heteroatoms. The van der Waals surface area contributed by atoms with Gasteiger partial charge in [0.15, 0.2) is 17.3 Å². The molecule has 0 fully saturated rings. The topological polar surface area (TPSA) is 54.5 Å². The highest BCUT2D eigenvalue weighted by Crippen LogP contribution is 2.23. The summed E-state index contributed by atoms with van der Waals surface area (Å²) in [4.78, 5) is 39.2. The summed E-state index contributed by atoms with van der Waals surface area (Å²) in [5, 5.41) is 0. The molecule has 0 heterocycles. The van der Waals surface area contributed by atoms with E-state index in [-0.39, 0.29) is 30.4 Å². The second-order valence-electron chi connectivity index (χ2n) is 9.54. The molecule has 0 rings (SSSR count). The molecule has 0 spiro atoms. The van der Waals surface area contributed by atoms with Gasteiger partial charge in [0.1, 0.15) is 0 Å². The predicted octanol–water partition coefficient (Wildman–Crippen LogP) is 3.52. The van der Waals surface area contributed by atoms with E-state index in [2.05, 4.69) is 0 Å². The first-order chi connectivity index (χ1) is 9.98. The highest BCUT2D eigenvalue weighted by atomic mass is 16.1. The van der Waals surface area contributed by atoms with Crippen molar-refractivity contribution in [1.29, 1.82) is 0 Å². The average molecular weight is 325 g/mol. The number of ketones is 3. The first-order valence-electron chi connectivity index (χ1n) is 8.33. The molecule has 134 valence electrons. The highest BCUT2D eigenvalue weighted by Gasteiger charge is 2.35. The van der Waals surface area contributed by atoms with Gasteiger partial charge in [-0.3, -0.25) is 19.3 Å². The third kappa shape index (κ3) is 6.94. The minimum absolute atomic E-state index is 0.0350. The molecule has 0 aromatic carbocycles. The molecular formula is C19H35NO3. The van der Waals surface area contributed by atoms with Crippen LogP contribution in [0.2, 0.25) is 0 Å². The smallest absolute Gasteiger partial charge is 0.154 e. The van der Waals surface area contributed by atoms with Crippen LogP contribution in [-0.2, 0) is 14.4 Å². The monoisotopic (exact) mass is 325 g/mol. The Labute approximate surface area is 142 Å². The van der Waals surface area contributed by atoms with Gasteiger partial charge in [-0.2, -0.15) is 0 Å². The third-order valence-corrected chi connectivity index (χ3v) is 4.03. The molecule has 0 saturated heterocycles. The van der Waals surface area contributed by atoms with E-state index >= 15 is 0 Å². The van der Waals surface area contributed by atoms with E-state index in [0.29, 0.717) is 0 Å². The molecule has 0 aliphatic heterocycles. The Morgan fingerprint density at radius 2 is 1.00 bits per heavy atom. The van der Waals surface area contributed by atoms with Crippen molar-refractivity contribution in [3.63, 3.8) is 0 Å². The maximum atomic E-state index is 12.6. The molecule has 0 bridgehead atoms. The quantitative estimate of drug-likeness (QED) is 0.750. The van der Waals surface area contributed by atoms with Crippen LogP contribution >= 0.6 is 0 Å². The molecular weight excluding hydrogens is 290 g/mol. The van der Waals surface area contributed by atoms with E-state index < -0.39 is 22.3 Å². The zero-order chi connectivity index (χ0) is 18.8. The van der Waals surface area contributed by atoms with Gasteiger partial charge < -0.3 is 0 Å². The van der Waals surface area contributed by atoms with Crippen LogP contribution in [0.15, 0.2) is 0 Å². The summed E-state index contributed by atoms with van der Waals surface area (Å²) >= 11 is 0. The SMILES string of the molecule is CC(C(=O)C(C)(C)C)N(CC(=O)C(C)(C)C)CC(=O)C(C)(C)C. The summed E-state index contributed by atoms with van der Waals surface area (Å²) in [6.07, 6.45) is 0. The number of carbonyl (C=O) groups excluding carboxylic acids is 3. The summed E-state index contributed by atoms with van der Waals surface area (Å²) in [5.41, 5.74) is -1.49. The first-order valence-corrected chi connectivity index (χ1v) is 8.33. The first kappa shape index (κ1) is 22.0. The van der Waals surface area contributed by atoms with E-state index in [0.717, 1.165) is 0 Å². The van der Waals surface area contributed by atoms with Gasteiger partial charge >= 0.3 is 0 Å². The van der Waals surface area contributed by atoms with Crippen molar-refractivity contribution in [3.05, 3.63) is 0 Å². The van der Waals surface area contributed by atoms with Crippen LogP contribution < -0.4 is 0 Å². The number of rotatable bonds is 6. The number of nitrogens with zero attached hydrogens (tertiary/aromatic N) is 1. The van der Waals surface area contributed by atoms with Crippen molar-refractivity contribution in [3.8, 4) is 0 Å². The van der Waals surface area contributed by atoms with Crippen molar-refractivity contribution in [1.82, 2.24) is 4.90 Å². The summed E-state index contributed by atoms with van der Waals surface area (Å²) in [6, 6.07) is -0.465. The molecule has 0 amide bonds. The molecule has 23 heavy (non-hydrogen) atoms. The summed E-state index contributed by atoms with van der Waals surface area (Å²) in [7, 11) is 0. The van der Waals surface area contributed by atoms with E-state index in [1.165, 1.54) is 0 Å². The molecule has 0 aliphatic carbocycles. The molecule has 0 N–H and O–H groups in total. The molecule has 0 aromatic heterocycles. The van der Waals surface area contributed by atoms with E-state index in [9.17, 15) is 14.4 Å². The van der Waals surface area contributed by atoms with Crippen molar-refractivity contribution >= 4 is 17.3 Å². The van der Waals surface area contributed by atoms with Crippen LogP contribution in [0, 0.1) is 16.2 Å². The second-order valence-corrected chi connectivity index (χ2v) is 9.54. The Kier molecular flexibility index (Phi) is 6.92. The molecule has 1 atom stereocenters. The Morgan fingerprint density at radius 1 is 0.696 bits per heavy atom. The van der Waals surface area contributed by atoms with Crippen molar-refractivity contribution in [2.45, 2.75) is 75.3 Å². The van der Waals surface area contributed by atoms with Gasteiger partial charge in [0.25, 0.3) is 0 Å². The van der Waals surface area contributed by atoms with Crippen LogP contribution in [0.5, 0.6) is 0 Å². The molecule has 0 aromatic rings. The highest BCUT2D eigenvalue weighted by molar-refractivity contribution is 5.92. The van der Waals surface area contributed by atoms with Crippen LogP contribution in [0.4, 0.5) is 0 Å². The molecule has 0 radical (unpaired) electrons. The fourth-order valence-corrected chi connectivity index (χ4v) is 1.97. The number of Topliss-reactive ketones (excluding diaryl/α,β-unsaturated/α-hetero) is 3. The van der Waals surface area contributed by atoms with Crippen molar-refractivity contribution in [2.24, 2.45) is 16.2 Å². The van der Waals surface area contributed by atoms with Gasteiger partial charge in [-0.1, -0.05) is 62.3 Å². The zero-order valence-corrected chi connectivity index (χ0v) is 16.7. The molecule has 0 saturated carbocycles. The van der Waals surface area contributed by atoms with Gasteiger partial charge in [-0.05, 0) is 6.92 Å². The normalized spacial score (nSPS) is 14.7. The van der Waals surface area contributed by atoms with Crippen LogP contribution in [0.25, 0.3) is 0 Å². The molecule has 4 nitrogen and oxygen atoms in total. The Hall–Kier alpha value is -1.03. The minimum atomic E-state index is -0.507. The third-order valence-electron chi connectivity index (χ3n) is 4.03. The molecule has 1 unspecified atom stereocenters. The maximum absolute atomic E-state index is 12.6. The Morgan fingerprint density at radius 3 is 1.22 bits per heavy atom. The van der Waals surface area contributed by atoms with Gasteiger partial charge in [-0.15, -0.1) is 0 Å². The zero-order valence-electron chi connectivity index (χ0n) is 16.7. The van der Waals surface area contributed by atoms with E-state index in [1.807, 2.05) is 62.3 Å². The maximum Gasteiger partial charge on any atom is 0.154 e. The van der Waals surface area contributed by atoms with Crippen molar-refractivity contribution in [2.75, 3.05) is 13.1 Å². The lowest BCUT2D eigenvalue weighted by atomic mass is 9.84. The Balaban J connectivity index is 5.43. The fourth-order valence-electron chi connectivity index (χ4n) is 1.97. The van der Waals surface area contributed by atoms with Crippen LogP contribution in [-0.4, -0.2) is 41.4 Å². The number of carbonyl (C=O) groups is 3. The molecule has 0 aliphatic rings. The van der Waals surface area contributed by atoms with E-state index in [1.54, 1.807) is 11.8 Å². The lowest BCUT2D eigenvalue weighted by molar-refractivity contribution is -0.137. The lowest BCUT2D eigenvalue weighted by Crippen LogP contribution is -2.50. The largest absolute Gasteiger partial charge is 0.298 e. The van der Waals surface area contributed by atoms with Gasteiger partial charge in [0.2, 0.25) is 0 Å². The summed E-state index contributed by atoms with van der Waals surface area (Å²) in [6.45, 7) is 18.8. The summed E-state index contributed by atoms with van der Waals surface area (Å²) in [5.74, 6) is 0.112. The second kappa shape index (κ2) is 7.25. The summed E-state index contributed by atoms with van der Waals surface area (Å²) < 4.78 is 0. The van der Waals surface area contributed by atoms with Gasteiger partial charge in [0, 0.05) is 16.2 Å². The van der Waals surface area contributed by atoms with Crippen LogP contribution in [0.3, 0.4) is 0 Å².